The van der Waals surface area contributed by atoms with E-state index in [1.165, 1.54) is 65.0 Å². The highest BCUT2D eigenvalue weighted by molar-refractivity contribution is 4.78. The van der Waals surface area contributed by atoms with Crippen molar-refractivity contribution in [2.75, 3.05) is 46.3 Å². The number of piperidine rings is 1. The number of nitrogens with zero attached hydrogens (tertiary/aromatic N) is 2. The summed E-state index contributed by atoms with van der Waals surface area (Å²) in [6, 6.07) is 0.758. The van der Waals surface area contributed by atoms with Crippen LogP contribution in [0.4, 0.5) is 0 Å². The van der Waals surface area contributed by atoms with Crippen molar-refractivity contribution in [1.82, 2.24) is 15.1 Å². The summed E-state index contributed by atoms with van der Waals surface area (Å²) in [5, 5.41) is 3.66. The molecule has 0 aromatic rings. The number of hydrogen-bond donors (Lipinski definition) is 1. The van der Waals surface area contributed by atoms with E-state index in [-0.39, 0.29) is 0 Å². The molecule has 2 unspecified atom stereocenters. The summed E-state index contributed by atoms with van der Waals surface area (Å²) in [7, 11) is 2.27. The third-order valence-electron chi connectivity index (χ3n) is 4.39. The van der Waals surface area contributed by atoms with Gasteiger partial charge in [0.15, 0.2) is 0 Å². The van der Waals surface area contributed by atoms with Crippen LogP contribution in [0.5, 0.6) is 0 Å². The fourth-order valence-electron chi connectivity index (χ4n) is 3.30. The lowest BCUT2D eigenvalue weighted by molar-refractivity contribution is 0.155. The second-order valence-electron chi connectivity index (χ2n) is 5.92. The normalized spacial score (nSPS) is 33.5. The molecule has 100 valence electrons. The molecular weight excluding hydrogens is 210 g/mol. The van der Waals surface area contributed by atoms with Crippen molar-refractivity contribution in [2.45, 2.75) is 38.6 Å². The molecule has 2 aliphatic heterocycles. The number of nitrogens with one attached hydrogen (secondary N) is 1. The molecule has 17 heavy (non-hydrogen) atoms. The highest BCUT2D eigenvalue weighted by Crippen LogP contribution is 2.17. The van der Waals surface area contributed by atoms with Gasteiger partial charge in [-0.1, -0.05) is 6.92 Å². The topological polar surface area (TPSA) is 18.5 Å². The van der Waals surface area contributed by atoms with Crippen LogP contribution in [-0.2, 0) is 0 Å². The molecule has 2 fully saturated rings. The molecule has 0 spiro atoms. The lowest BCUT2D eigenvalue weighted by atomic mass is 9.98. The molecule has 2 saturated heterocycles. The second kappa shape index (κ2) is 6.72. The Labute approximate surface area is 107 Å². The molecule has 0 aromatic heterocycles. The van der Waals surface area contributed by atoms with E-state index in [1.54, 1.807) is 0 Å². The minimum Gasteiger partial charge on any atom is -0.313 e. The van der Waals surface area contributed by atoms with Crippen LogP contribution in [0.25, 0.3) is 0 Å². The molecule has 1 N–H and O–H groups in total. The number of likely N-dealkylation sites (tertiary alicyclic amines) is 1. The molecule has 2 aliphatic rings. The monoisotopic (exact) mass is 239 g/mol. The first-order chi connectivity index (χ1) is 8.28. The molecule has 0 radical (unpaired) electrons. The van der Waals surface area contributed by atoms with Crippen LogP contribution in [0.1, 0.15) is 32.6 Å². The molecule has 2 atom stereocenters. The molecule has 0 aliphatic carbocycles. The number of hydrogen-bond acceptors (Lipinski definition) is 3. The summed E-state index contributed by atoms with van der Waals surface area (Å²) in [4.78, 5) is 5.19. The van der Waals surface area contributed by atoms with Crippen molar-refractivity contribution in [3.63, 3.8) is 0 Å². The maximum absolute atomic E-state index is 3.66. The van der Waals surface area contributed by atoms with Gasteiger partial charge in [-0.2, -0.15) is 0 Å². The van der Waals surface area contributed by atoms with E-state index >= 15 is 0 Å². The summed E-state index contributed by atoms with van der Waals surface area (Å²) in [5.41, 5.74) is 0. The highest BCUT2D eigenvalue weighted by Gasteiger charge is 2.21. The van der Waals surface area contributed by atoms with Crippen molar-refractivity contribution in [3.05, 3.63) is 0 Å². The SMILES string of the molecule is CCC1CCN(CC2CCCN(C)C2)CCN1. The minimum atomic E-state index is 0.758. The third-order valence-corrected chi connectivity index (χ3v) is 4.39. The highest BCUT2D eigenvalue weighted by atomic mass is 15.2. The Kier molecular flexibility index (Phi) is 5.26. The van der Waals surface area contributed by atoms with Gasteiger partial charge in [-0.3, -0.25) is 0 Å². The van der Waals surface area contributed by atoms with E-state index in [9.17, 15) is 0 Å². The van der Waals surface area contributed by atoms with Crippen LogP contribution in [0.2, 0.25) is 0 Å². The van der Waals surface area contributed by atoms with Crippen LogP contribution in [0, 0.1) is 5.92 Å². The third kappa shape index (κ3) is 4.23. The van der Waals surface area contributed by atoms with E-state index in [0.717, 1.165) is 12.0 Å². The molecule has 3 heteroatoms. The van der Waals surface area contributed by atoms with E-state index in [2.05, 4.69) is 29.1 Å². The first-order valence-electron chi connectivity index (χ1n) is 7.42. The quantitative estimate of drug-likeness (QED) is 0.803. The zero-order chi connectivity index (χ0) is 12.1. The Bertz CT molecular complexity index is 220. The largest absolute Gasteiger partial charge is 0.313 e. The molecule has 0 saturated carbocycles. The summed E-state index contributed by atoms with van der Waals surface area (Å²) in [6.07, 6.45) is 5.44. The van der Waals surface area contributed by atoms with Gasteiger partial charge < -0.3 is 15.1 Å². The minimum absolute atomic E-state index is 0.758. The molecule has 2 rings (SSSR count). The van der Waals surface area contributed by atoms with Crippen LogP contribution in [-0.4, -0.2) is 62.2 Å². The van der Waals surface area contributed by atoms with Gasteiger partial charge in [-0.15, -0.1) is 0 Å². The molecule has 2 heterocycles. The standard InChI is InChI=1S/C14H29N3/c1-3-14-6-9-17(10-7-15-14)12-13-5-4-8-16(2)11-13/h13-15H,3-12H2,1-2H3. The van der Waals surface area contributed by atoms with E-state index < -0.39 is 0 Å². The maximum Gasteiger partial charge on any atom is 0.0107 e. The van der Waals surface area contributed by atoms with Crippen molar-refractivity contribution >= 4 is 0 Å². The van der Waals surface area contributed by atoms with E-state index in [1.807, 2.05) is 0 Å². The Morgan fingerprint density at radius 2 is 2.06 bits per heavy atom. The lowest BCUT2D eigenvalue weighted by Gasteiger charge is -2.33. The zero-order valence-corrected chi connectivity index (χ0v) is 11.6. The van der Waals surface area contributed by atoms with Crippen molar-refractivity contribution in [1.29, 1.82) is 0 Å². The summed E-state index contributed by atoms with van der Waals surface area (Å²) < 4.78 is 0. The maximum atomic E-state index is 3.66. The van der Waals surface area contributed by atoms with Crippen molar-refractivity contribution in [3.8, 4) is 0 Å². The van der Waals surface area contributed by atoms with Gasteiger partial charge in [0.2, 0.25) is 0 Å². The van der Waals surface area contributed by atoms with E-state index in [0.29, 0.717) is 0 Å². The lowest BCUT2D eigenvalue weighted by Crippen LogP contribution is -2.40. The van der Waals surface area contributed by atoms with Gasteiger partial charge in [0.05, 0.1) is 0 Å². The van der Waals surface area contributed by atoms with Gasteiger partial charge in [0.25, 0.3) is 0 Å². The van der Waals surface area contributed by atoms with Gasteiger partial charge in [0, 0.05) is 32.2 Å². The fourth-order valence-corrected chi connectivity index (χ4v) is 3.30. The average Bonchev–Trinajstić information content (AvgIpc) is 2.54. The Morgan fingerprint density at radius 3 is 2.82 bits per heavy atom. The Balaban J connectivity index is 1.74. The zero-order valence-electron chi connectivity index (χ0n) is 11.6. The van der Waals surface area contributed by atoms with Gasteiger partial charge in [0.1, 0.15) is 0 Å². The van der Waals surface area contributed by atoms with Crippen LogP contribution in [0.3, 0.4) is 0 Å². The molecule has 0 aromatic carbocycles. The van der Waals surface area contributed by atoms with Gasteiger partial charge in [-0.05, 0) is 51.7 Å². The Hall–Kier alpha value is -0.120. The molecule has 3 nitrogen and oxygen atoms in total. The summed E-state index contributed by atoms with van der Waals surface area (Å²) >= 11 is 0. The van der Waals surface area contributed by atoms with Crippen LogP contribution in [0.15, 0.2) is 0 Å². The van der Waals surface area contributed by atoms with Gasteiger partial charge in [-0.25, -0.2) is 0 Å². The first kappa shape index (κ1) is 13.3. The molecule has 0 amide bonds. The number of rotatable bonds is 3. The van der Waals surface area contributed by atoms with Crippen molar-refractivity contribution in [2.24, 2.45) is 5.92 Å². The Morgan fingerprint density at radius 1 is 1.18 bits per heavy atom. The average molecular weight is 239 g/mol. The predicted octanol–water partition coefficient (Wildman–Crippen LogP) is 1.40. The second-order valence-corrected chi connectivity index (χ2v) is 5.92. The van der Waals surface area contributed by atoms with Crippen LogP contribution < -0.4 is 5.32 Å². The predicted molar refractivity (Wildman–Crippen MR) is 73.4 cm³/mol. The van der Waals surface area contributed by atoms with Crippen LogP contribution >= 0.6 is 0 Å². The van der Waals surface area contributed by atoms with Gasteiger partial charge >= 0.3 is 0 Å². The molecule has 0 bridgehead atoms. The fraction of sp³-hybridized carbons (Fsp3) is 1.00. The smallest absolute Gasteiger partial charge is 0.0107 e. The van der Waals surface area contributed by atoms with Crippen molar-refractivity contribution < 1.29 is 0 Å². The summed E-state index contributed by atoms with van der Waals surface area (Å²) in [6.45, 7) is 9.95. The van der Waals surface area contributed by atoms with E-state index in [4.69, 9.17) is 0 Å². The molecular formula is C14H29N3. The summed E-state index contributed by atoms with van der Waals surface area (Å²) in [5.74, 6) is 0.909. The first-order valence-corrected chi connectivity index (χ1v) is 7.42.